The van der Waals surface area contributed by atoms with E-state index in [2.05, 4.69) is 36.1 Å². The molecule has 3 nitrogen and oxygen atoms in total. The fraction of sp³-hybridized carbons (Fsp3) is 0.786. The van der Waals surface area contributed by atoms with Crippen molar-refractivity contribution in [2.24, 2.45) is 16.7 Å². The van der Waals surface area contributed by atoms with Gasteiger partial charge in [-0.25, -0.2) is 4.98 Å². The van der Waals surface area contributed by atoms with Gasteiger partial charge >= 0.3 is 0 Å². The minimum atomic E-state index is 0.438. The highest BCUT2D eigenvalue weighted by molar-refractivity contribution is 5.12. The molecule has 2 aliphatic carbocycles. The molecule has 3 rings (SSSR count). The number of nitrogens with zero attached hydrogens (tertiary/aromatic N) is 1. The highest BCUT2D eigenvalue weighted by Crippen LogP contribution is 2.62. The van der Waals surface area contributed by atoms with Gasteiger partial charge in [-0.15, -0.1) is 0 Å². The van der Waals surface area contributed by atoms with Crippen molar-refractivity contribution in [2.45, 2.75) is 52.6 Å². The van der Waals surface area contributed by atoms with E-state index in [4.69, 9.17) is 0 Å². The number of hydrogen-bond donors (Lipinski definition) is 2. The van der Waals surface area contributed by atoms with Crippen LogP contribution < -0.4 is 5.32 Å². The van der Waals surface area contributed by atoms with Gasteiger partial charge in [-0.1, -0.05) is 20.8 Å². The fourth-order valence-electron chi connectivity index (χ4n) is 4.40. The van der Waals surface area contributed by atoms with E-state index in [0.717, 1.165) is 12.5 Å². The Labute approximate surface area is 103 Å². The number of aromatic amines is 1. The van der Waals surface area contributed by atoms with E-state index >= 15 is 0 Å². The molecule has 0 aromatic carbocycles. The molecule has 3 unspecified atom stereocenters. The quantitative estimate of drug-likeness (QED) is 0.842. The fourth-order valence-corrected chi connectivity index (χ4v) is 4.40. The summed E-state index contributed by atoms with van der Waals surface area (Å²) < 4.78 is 0. The molecule has 94 valence electrons. The van der Waals surface area contributed by atoms with Gasteiger partial charge in [0.15, 0.2) is 0 Å². The van der Waals surface area contributed by atoms with E-state index in [1.807, 2.05) is 6.20 Å². The summed E-state index contributed by atoms with van der Waals surface area (Å²) in [5, 5.41) is 3.77. The second-order valence-electron chi connectivity index (χ2n) is 6.81. The van der Waals surface area contributed by atoms with Crippen molar-refractivity contribution in [3.63, 3.8) is 0 Å². The molecule has 2 N–H and O–H groups in total. The van der Waals surface area contributed by atoms with E-state index in [1.54, 1.807) is 6.33 Å². The summed E-state index contributed by atoms with van der Waals surface area (Å²) in [6.07, 6.45) is 7.88. The number of H-pyrrole nitrogens is 1. The molecular weight excluding hydrogens is 210 g/mol. The van der Waals surface area contributed by atoms with Crippen LogP contribution in [0.1, 0.15) is 45.7 Å². The Morgan fingerprint density at radius 1 is 1.47 bits per heavy atom. The first-order chi connectivity index (χ1) is 8.02. The molecule has 0 radical (unpaired) electrons. The molecule has 2 aliphatic rings. The van der Waals surface area contributed by atoms with Crippen LogP contribution in [0.25, 0.3) is 0 Å². The van der Waals surface area contributed by atoms with Crippen molar-refractivity contribution >= 4 is 0 Å². The van der Waals surface area contributed by atoms with Gasteiger partial charge in [0.2, 0.25) is 0 Å². The lowest BCUT2D eigenvalue weighted by atomic mass is 9.68. The van der Waals surface area contributed by atoms with Crippen LogP contribution in [0.3, 0.4) is 0 Å². The monoisotopic (exact) mass is 233 g/mol. The molecule has 2 bridgehead atoms. The van der Waals surface area contributed by atoms with Crippen LogP contribution in [0.5, 0.6) is 0 Å². The SMILES string of the molecule is CC12CCC(C1)C(C)(C)C2NCc1cnc[nH]1. The van der Waals surface area contributed by atoms with Crippen LogP contribution in [0, 0.1) is 16.7 Å². The van der Waals surface area contributed by atoms with Gasteiger partial charge in [0.25, 0.3) is 0 Å². The van der Waals surface area contributed by atoms with Gasteiger partial charge < -0.3 is 10.3 Å². The molecule has 0 amide bonds. The first-order valence-electron chi connectivity index (χ1n) is 6.73. The Kier molecular flexibility index (Phi) is 2.37. The van der Waals surface area contributed by atoms with Gasteiger partial charge in [-0.2, -0.15) is 0 Å². The highest BCUT2D eigenvalue weighted by Gasteiger charge is 2.58. The van der Waals surface area contributed by atoms with Crippen LogP contribution in [0.4, 0.5) is 0 Å². The van der Waals surface area contributed by atoms with Crippen LogP contribution in [0.2, 0.25) is 0 Å². The largest absolute Gasteiger partial charge is 0.347 e. The van der Waals surface area contributed by atoms with Crippen molar-refractivity contribution in [1.29, 1.82) is 0 Å². The zero-order valence-corrected chi connectivity index (χ0v) is 11.1. The van der Waals surface area contributed by atoms with Crippen LogP contribution >= 0.6 is 0 Å². The number of aromatic nitrogens is 2. The lowest BCUT2D eigenvalue weighted by molar-refractivity contribution is 0.108. The summed E-state index contributed by atoms with van der Waals surface area (Å²) in [5.41, 5.74) is 2.13. The summed E-state index contributed by atoms with van der Waals surface area (Å²) in [5.74, 6) is 0.909. The number of imidazole rings is 1. The molecular formula is C14H23N3. The summed E-state index contributed by atoms with van der Waals surface area (Å²) in [4.78, 5) is 7.24. The molecule has 2 saturated carbocycles. The first kappa shape index (κ1) is 11.3. The summed E-state index contributed by atoms with van der Waals surface area (Å²) >= 11 is 0. The van der Waals surface area contributed by atoms with Crippen LogP contribution in [0.15, 0.2) is 12.5 Å². The Hall–Kier alpha value is -0.830. The molecule has 3 atom stereocenters. The maximum atomic E-state index is 4.07. The third-order valence-electron chi connectivity index (χ3n) is 5.32. The number of hydrogen-bond acceptors (Lipinski definition) is 2. The molecule has 3 heteroatoms. The summed E-state index contributed by atoms with van der Waals surface area (Å²) in [7, 11) is 0. The standard InChI is InChI=1S/C14H23N3/c1-13(2)10-4-5-14(3,6-10)12(13)16-8-11-7-15-9-17-11/h7,9-10,12,16H,4-6,8H2,1-3H3,(H,15,17). The Balaban J connectivity index is 1.74. The van der Waals surface area contributed by atoms with Gasteiger partial charge in [-0.3, -0.25) is 0 Å². The number of fused-ring (bicyclic) bond motifs is 2. The van der Waals surface area contributed by atoms with E-state index in [1.165, 1.54) is 25.0 Å². The van der Waals surface area contributed by atoms with Gasteiger partial charge in [-0.05, 0) is 36.0 Å². The molecule has 1 heterocycles. The average molecular weight is 233 g/mol. The van der Waals surface area contributed by atoms with Crippen molar-refractivity contribution in [3.8, 4) is 0 Å². The normalized spacial score (nSPS) is 38.8. The number of nitrogens with one attached hydrogen (secondary N) is 2. The summed E-state index contributed by atoms with van der Waals surface area (Å²) in [6, 6.07) is 0.636. The Morgan fingerprint density at radius 2 is 2.29 bits per heavy atom. The zero-order chi connectivity index (χ0) is 12.1. The van der Waals surface area contributed by atoms with Gasteiger partial charge in [0.1, 0.15) is 0 Å². The molecule has 0 aliphatic heterocycles. The van der Waals surface area contributed by atoms with Crippen molar-refractivity contribution in [1.82, 2.24) is 15.3 Å². The van der Waals surface area contributed by atoms with E-state index in [-0.39, 0.29) is 0 Å². The van der Waals surface area contributed by atoms with E-state index in [0.29, 0.717) is 16.9 Å². The molecule has 2 fully saturated rings. The lowest BCUT2D eigenvalue weighted by Gasteiger charge is -2.43. The highest BCUT2D eigenvalue weighted by atomic mass is 15.0. The third-order valence-corrected chi connectivity index (χ3v) is 5.32. The summed E-state index contributed by atoms with van der Waals surface area (Å²) in [6.45, 7) is 8.25. The van der Waals surface area contributed by atoms with Gasteiger partial charge in [0, 0.05) is 24.5 Å². The number of rotatable bonds is 3. The molecule has 0 spiro atoms. The van der Waals surface area contributed by atoms with Crippen molar-refractivity contribution in [2.75, 3.05) is 0 Å². The molecule has 1 aromatic heterocycles. The van der Waals surface area contributed by atoms with Crippen molar-refractivity contribution < 1.29 is 0 Å². The third kappa shape index (κ3) is 1.63. The van der Waals surface area contributed by atoms with Crippen LogP contribution in [-0.4, -0.2) is 16.0 Å². The Bertz CT molecular complexity index is 391. The average Bonchev–Trinajstić information content (AvgIpc) is 2.90. The topological polar surface area (TPSA) is 40.7 Å². The Morgan fingerprint density at radius 3 is 2.88 bits per heavy atom. The van der Waals surface area contributed by atoms with Crippen LogP contribution in [-0.2, 0) is 6.54 Å². The maximum absolute atomic E-state index is 4.07. The van der Waals surface area contributed by atoms with Crippen molar-refractivity contribution in [3.05, 3.63) is 18.2 Å². The lowest BCUT2D eigenvalue weighted by Crippen LogP contribution is -2.49. The zero-order valence-electron chi connectivity index (χ0n) is 11.1. The van der Waals surface area contributed by atoms with Gasteiger partial charge in [0.05, 0.1) is 6.33 Å². The molecule has 17 heavy (non-hydrogen) atoms. The maximum Gasteiger partial charge on any atom is 0.0922 e. The first-order valence-corrected chi connectivity index (χ1v) is 6.73. The predicted molar refractivity (Wildman–Crippen MR) is 68.4 cm³/mol. The van der Waals surface area contributed by atoms with E-state index in [9.17, 15) is 0 Å². The predicted octanol–water partition coefficient (Wildman–Crippen LogP) is 2.71. The molecule has 0 saturated heterocycles. The minimum absolute atomic E-state index is 0.438. The minimum Gasteiger partial charge on any atom is -0.347 e. The van der Waals surface area contributed by atoms with E-state index < -0.39 is 0 Å². The second-order valence-corrected chi connectivity index (χ2v) is 6.81. The molecule has 1 aromatic rings. The second kappa shape index (κ2) is 3.58. The smallest absolute Gasteiger partial charge is 0.0922 e.